The maximum absolute atomic E-state index is 12.4. The van der Waals surface area contributed by atoms with Crippen LogP contribution in [0.25, 0.3) is 0 Å². The monoisotopic (exact) mass is 237 g/mol. The van der Waals surface area contributed by atoms with E-state index in [1.165, 1.54) is 0 Å². The fraction of sp³-hybridized carbons (Fsp3) is 0.250. The molecule has 7 heteroatoms. The number of aromatic amines is 1. The van der Waals surface area contributed by atoms with Crippen molar-refractivity contribution in [3.05, 3.63) is 32.7 Å². The highest BCUT2D eigenvalue weighted by atomic mass is 35.5. The summed E-state index contributed by atoms with van der Waals surface area (Å²) in [5.41, 5.74) is -2.56. The summed E-state index contributed by atoms with van der Waals surface area (Å²) in [5.74, 6) is -1.06. The van der Waals surface area contributed by atoms with Gasteiger partial charge in [-0.3, -0.25) is 4.79 Å². The van der Waals surface area contributed by atoms with Gasteiger partial charge in [-0.25, -0.2) is 13.6 Å². The molecule has 1 aromatic rings. The molecular formula is C8H6ClF2NO3. The minimum absolute atomic E-state index is 0.204. The molecule has 0 fully saturated rings. The average molecular weight is 238 g/mol. The second kappa shape index (κ2) is 4.39. The van der Waals surface area contributed by atoms with Crippen molar-refractivity contribution in [2.24, 2.45) is 0 Å². The summed E-state index contributed by atoms with van der Waals surface area (Å²) in [7, 11) is 1.01. The lowest BCUT2D eigenvalue weighted by atomic mass is 10.2. The lowest BCUT2D eigenvalue weighted by Gasteiger charge is -2.06. The second-order valence-corrected chi connectivity index (χ2v) is 2.97. The van der Waals surface area contributed by atoms with Gasteiger partial charge in [0.15, 0.2) is 5.43 Å². The lowest BCUT2D eigenvalue weighted by Crippen LogP contribution is -2.18. The highest BCUT2D eigenvalue weighted by Gasteiger charge is 2.23. The van der Waals surface area contributed by atoms with Gasteiger partial charge in [-0.15, -0.1) is 0 Å². The predicted molar refractivity (Wildman–Crippen MR) is 48.4 cm³/mol. The highest BCUT2D eigenvalue weighted by molar-refractivity contribution is 6.29. The van der Waals surface area contributed by atoms with Gasteiger partial charge in [0.25, 0.3) is 6.43 Å². The van der Waals surface area contributed by atoms with Crippen molar-refractivity contribution in [2.75, 3.05) is 7.11 Å². The van der Waals surface area contributed by atoms with Gasteiger partial charge in [0.05, 0.1) is 12.7 Å². The molecule has 0 amide bonds. The molecule has 0 saturated carbocycles. The van der Waals surface area contributed by atoms with E-state index >= 15 is 0 Å². The van der Waals surface area contributed by atoms with Crippen LogP contribution in [0.3, 0.4) is 0 Å². The average Bonchev–Trinajstić information content (AvgIpc) is 2.14. The van der Waals surface area contributed by atoms with E-state index in [0.29, 0.717) is 0 Å². The molecular weight excluding hydrogens is 232 g/mol. The fourth-order valence-electron chi connectivity index (χ4n) is 1.02. The molecule has 1 aromatic heterocycles. The first-order chi connectivity index (χ1) is 6.97. The van der Waals surface area contributed by atoms with Crippen LogP contribution in [0, 0.1) is 0 Å². The number of alkyl halides is 2. The van der Waals surface area contributed by atoms with E-state index in [4.69, 9.17) is 11.6 Å². The maximum Gasteiger partial charge on any atom is 0.355 e. The topological polar surface area (TPSA) is 59.2 Å². The van der Waals surface area contributed by atoms with Crippen molar-refractivity contribution in [3.8, 4) is 0 Å². The molecule has 1 heterocycles. The quantitative estimate of drug-likeness (QED) is 0.630. The van der Waals surface area contributed by atoms with Crippen LogP contribution >= 0.6 is 11.6 Å². The third kappa shape index (κ3) is 2.33. The Kier molecular flexibility index (Phi) is 3.41. The van der Waals surface area contributed by atoms with Crippen LogP contribution in [0.2, 0.25) is 5.15 Å². The molecule has 0 unspecified atom stereocenters. The molecule has 0 radical (unpaired) electrons. The summed E-state index contributed by atoms with van der Waals surface area (Å²) in [4.78, 5) is 24.3. The summed E-state index contributed by atoms with van der Waals surface area (Å²) < 4.78 is 29.1. The Balaban J connectivity index is 3.47. The summed E-state index contributed by atoms with van der Waals surface area (Å²) in [6.45, 7) is 0. The van der Waals surface area contributed by atoms with Gasteiger partial charge in [-0.1, -0.05) is 11.6 Å². The third-order valence-electron chi connectivity index (χ3n) is 1.64. The Morgan fingerprint density at radius 3 is 2.67 bits per heavy atom. The Labute approximate surface area is 87.8 Å². The minimum atomic E-state index is -3.07. The number of halogens is 3. The van der Waals surface area contributed by atoms with E-state index in [2.05, 4.69) is 9.72 Å². The second-order valence-electron chi connectivity index (χ2n) is 2.56. The van der Waals surface area contributed by atoms with Gasteiger partial charge in [0, 0.05) is 6.07 Å². The van der Waals surface area contributed by atoms with Crippen LogP contribution in [0.4, 0.5) is 8.78 Å². The van der Waals surface area contributed by atoms with E-state index in [1.54, 1.807) is 0 Å². The highest BCUT2D eigenvalue weighted by Crippen LogP contribution is 2.20. The molecule has 0 aliphatic carbocycles. The zero-order valence-corrected chi connectivity index (χ0v) is 8.27. The summed E-state index contributed by atoms with van der Waals surface area (Å²) in [6, 6.07) is 0.773. The van der Waals surface area contributed by atoms with Gasteiger partial charge < -0.3 is 9.72 Å². The molecule has 0 saturated heterocycles. The van der Waals surface area contributed by atoms with E-state index in [0.717, 1.165) is 13.2 Å². The number of ether oxygens (including phenoxy) is 1. The SMILES string of the molecule is COC(=O)c1[nH]c(Cl)cc(=O)c1C(F)F. The van der Waals surface area contributed by atoms with E-state index in [-0.39, 0.29) is 5.15 Å². The van der Waals surface area contributed by atoms with Gasteiger partial charge in [0.2, 0.25) is 0 Å². The van der Waals surface area contributed by atoms with Gasteiger partial charge >= 0.3 is 5.97 Å². The zero-order chi connectivity index (χ0) is 11.6. The third-order valence-corrected chi connectivity index (χ3v) is 1.85. The number of carbonyl (C=O) groups is 1. The number of hydrogen-bond acceptors (Lipinski definition) is 3. The molecule has 0 aromatic carbocycles. The summed E-state index contributed by atoms with van der Waals surface area (Å²) in [5, 5.41) is -0.204. The molecule has 0 atom stereocenters. The number of pyridine rings is 1. The van der Waals surface area contributed by atoms with Crippen molar-refractivity contribution in [1.82, 2.24) is 4.98 Å². The molecule has 1 rings (SSSR count). The number of carbonyl (C=O) groups excluding carboxylic acids is 1. The van der Waals surface area contributed by atoms with Gasteiger partial charge in [-0.05, 0) is 0 Å². The van der Waals surface area contributed by atoms with Crippen molar-refractivity contribution in [1.29, 1.82) is 0 Å². The number of hydrogen-bond donors (Lipinski definition) is 1. The maximum atomic E-state index is 12.4. The minimum Gasteiger partial charge on any atom is -0.464 e. The number of methoxy groups -OCH3 is 1. The normalized spacial score (nSPS) is 10.5. The van der Waals surface area contributed by atoms with Crippen molar-refractivity contribution < 1.29 is 18.3 Å². The first-order valence-corrected chi connectivity index (χ1v) is 4.14. The van der Waals surface area contributed by atoms with E-state index < -0.39 is 29.1 Å². The number of rotatable bonds is 2. The Morgan fingerprint density at radius 1 is 1.60 bits per heavy atom. The Bertz CT molecular complexity index is 444. The van der Waals surface area contributed by atoms with Crippen LogP contribution in [0.5, 0.6) is 0 Å². The van der Waals surface area contributed by atoms with Gasteiger partial charge in [-0.2, -0.15) is 0 Å². The molecule has 0 aliphatic heterocycles. The molecule has 0 spiro atoms. The fourth-order valence-corrected chi connectivity index (χ4v) is 1.21. The smallest absolute Gasteiger partial charge is 0.355 e. The first-order valence-electron chi connectivity index (χ1n) is 3.76. The summed E-state index contributed by atoms with van der Waals surface area (Å²) >= 11 is 5.42. The largest absolute Gasteiger partial charge is 0.464 e. The zero-order valence-electron chi connectivity index (χ0n) is 7.51. The molecule has 0 aliphatic rings. The van der Waals surface area contributed by atoms with E-state index in [1.807, 2.05) is 0 Å². The van der Waals surface area contributed by atoms with Crippen LogP contribution < -0.4 is 5.43 Å². The number of nitrogens with one attached hydrogen (secondary N) is 1. The molecule has 0 bridgehead atoms. The standard InChI is InChI=1S/C8H6ClF2NO3/c1-15-8(14)6-5(7(10)11)3(13)2-4(9)12-6/h2,7H,1H3,(H,12,13). The lowest BCUT2D eigenvalue weighted by molar-refractivity contribution is 0.0581. The summed E-state index contributed by atoms with van der Waals surface area (Å²) in [6.07, 6.45) is -3.07. The molecule has 15 heavy (non-hydrogen) atoms. The van der Waals surface area contributed by atoms with Gasteiger partial charge in [0.1, 0.15) is 10.8 Å². The number of aromatic nitrogens is 1. The Morgan fingerprint density at radius 2 is 2.20 bits per heavy atom. The number of H-pyrrole nitrogens is 1. The van der Waals surface area contributed by atoms with Crippen LogP contribution in [0.15, 0.2) is 10.9 Å². The number of esters is 1. The van der Waals surface area contributed by atoms with E-state index in [9.17, 15) is 18.4 Å². The molecule has 82 valence electrons. The van der Waals surface area contributed by atoms with Crippen molar-refractivity contribution in [2.45, 2.75) is 6.43 Å². The molecule has 1 N–H and O–H groups in total. The predicted octanol–water partition coefficient (Wildman–Crippen LogP) is 1.75. The van der Waals surface area contributed by atoms with Crippen LogP contribution in [-0.4, -0.2) is 18.1 Å². The Hall–Kier alpha value is -1.43. The first kappa shape index (κ1) is 11.6. The molecule has 4 nitrogen and oxygen atoms in total. The van der Waals surface area contributed by atoms with Crippen LogP contribution in [-0.2, 0) is 4.74 Å². The van der Waals surface area contributed by atoms with Crippen LogP contribution in [0.1, 0.15) is 22.5 Å². The van der Waals surface area contributed by atoms with Crippen molar-refractivity contribution in [3.63, 3.8) is 0 Å². The van der Waals surface area contributed by atoms with Crippen molar-refractivity contribution >= 4 is 17.6 Å².